The number of ether oxygens (including phenoxy) is 2. The molecule has 0 bridgehead atoms. The summed E-state index contributed by atoms with van der Waals surface area (Å²) in [4.78, 5) is 32.4. The van der Waals surface area contributed by atoms with Gasteiger partial charge in [-0.15, -0.1) is 0 Å². The van der Waals surface area contributed by atoms with Crippen LogP contribution in [0.1, 0.15) is 43.1 Å². The number of carboxylic acid groups (broad SMARTS) is 1. The molecular weight excluding hydrogens is 326 g/mol. The van der Waals surface area contributed by atoms with Crippen LogP contribution in [0.3, 0.4) is 0 Å². The largest absolute Gasteiger partial charge is 0.478 e. The van der Waals surface area contributed by atoms with Crippen molar-refractivity contribution in [1.29, 1.82) is 0 Å². The number of aromatic amines is 1. The summed E-state index contributed by atoms with van der Waals surface area (Å²) >= 11 is 0. The van der Waals surface area contributed by atoms with Crippen LogP contribution in [0.15, 0.2) is 18.2 Å². The molecule has 2 heterocycles. The second kappa shape index (κ2) is 6.36. The Morgan fingerprint density at radius 1 is 1.40 bits per heavy atom. The predicted octanol–water partition coefficient (Wildman–Crippen LogP) is 2.57. The fraction of sp³-hybridized carbons (Fsp3) is 0.471. The van der Waals surface area contributed by atoms with Gasteiger partial charge in [-0.25, -0.2) is 14.6 Å². The van der Waals surface area contributed by atoms with Gasteiger partial charge < -0.3 is 24.5 Å². The maximum absolute atomic E-state index is 12.2. The maximum Gasteiger partial charge on any atom is 0.410 e. The van der Waals surface area contributed by atoms with Gasteiger partial charge in [0.2, 0.25) is 0 Å². The third kappa shape index (κ3) is 3.90. The molecule has 1 aliphatic heterocycles. The van der Waals surface area contributed by atoms with Crippen molar-refractivity contribution >= 4 is 23.1 Å². The molecule has 1 aliphatic rings. The zero-order valence-electron chi connectivity index (χ0n) is 14.4. The average Bonchev–Trinajstić information content (AvgIpc) is 2.96. The summed E-state index contributed by atoms with van der Waals surface area (Å²) in [5.41, 5.74) is 0.894. The number of carboxylic acids is 1. The summed E-state index contributed by atoms with van der Waals surface area (Å²) in [5, 5.41) is 9.07. The van der Waals surface area contributed by atoms with Crippen LogP contribution in [-0.4, -0.2) is 57.3 Å². The minimum Gasteiger partial charge on any atom is -0.478 e. The Morgan fingerprint density at radius 3 is 2.84 bits per heavy atom. The Kier molecular flexibility index (Phi) is 4.38. The number of rotatable bonds is 2. The zero-order valence-corrected chi connectivity index (χ0v) is 14.4. The molecule has 1 aromatic carbocycles. The van der Waals surface area contributed by atoms with E-state index in [4.69, 9.17) is 14.6 Å². The van der Waals surface area contributed by atoms with Gasteiger partial charge in [-0.2, -0.15) is 0 Å². The Labute approximate surface area is 144 Å². The third-order valence-corrected chi connectivity index (χ3v) is 3.77. The van der Waals surface area contributed by atoms with Crippen molar-refractivity contribution in [2.45, 2.75) is 32.5 Å². The number of aromatic carboxylic acids is 1. The topological polar surface area (TPSA) is 105 Å². The first-order valence-electron chi connectivity index (χ1n) is 8.05. The van der Waals surface area contributed by atoms with Gasteiger partial charge in [-0.05, 0) is 39.0 Å². The minimum absolute atomic E-state index is 0.183. The van der Waals surface area contributed by atoms with Gasteiger partial charge in [0, 0.05) is 6.54 Å². The van der Waals surface area contributed by atoms with E-state index in [1.807, 2.05) is 20.8 Å². The summed E-state index contributed by atoms with van der Waals surface area (Å²) in [6, 6.07) is 4.68. The van der Waals surface area contributed by atoms with Crippen LogP contribution < -0.4 is 0 Å². The Bertz CT molecular complexity index is 808. The Balaban J connectivity index is 1.78. The first-order chi connectivity index (χ1) is 11.7. The summed E-state index contributed by atoms with van der Waals surface area (Å²) in [7, 11) is 0. The first-order valence-corrected chi connectivity index (χ1v) is 8.05. The zero-order chi connectivity index (χ0) is 18.2. The summed E-state index contributed by atoms with van der Waals surface area (Å²) in [6.07, 6.45) is -0.799. The van der Waals surface area contributed by atoms with E-state index in [9.17, 15) is 9.59 Å². The van der Waals surface area contributed by atoms with Crippen molar-refractivity contribution < 1.29 is 24.2 Å². The monoisotopic (exact) mass is 347 g/mol. The number of aromatic nitrogens is 2. The van der Waals surface area contributed by atoms with E-state index in [1.54, 1.807) is 11.0 Å². The third-order valence-electron chi connectivity index (χ3n) is 3.77. The predicted molar refractivity (Wildman–Crippen MR) is 89.6 cm³/mol. The molecule has 8 heteroatoms. The number of H-pyrrole nitrogens is 1. The summed E-state index contributed by atoms with van der Waals surface area (Å²) < 4.78 is 11.1. The van der Waals surface area contributed by atoms with Gasteiger partial charge in [0.1, 0.15) is 17.5 Å². The highest BCUT2D eigenvalue weighted by Crippen LogP contribution is 2.24. The Morgan fingerprint density at radius 2 is 2.16 bits per heavy atom. The molecule has 1 unspecified atom stereocenters. The van der Waals surface area contributed by atoms with Crippen molar-refractivity contribution in [3.05, 3.63) is 29.6 Å². The molecule has 1 saturated heterocycles. The number of nitrogens with zero attached hydrogens (tertiary/aromatic N) is 2. The number of fused-ring (bicyclic) bond motifs is 1. The van der Waals surface area contributed by atoms with E-state index in [2.05, 4.69) is 9.97 Å². The van der Waals surface area contributed by atoms with Crippen molar-refractivity contribution in [2.75, 3.05) is 19.7 Å². The van der Waals surface area contributed by atoms with E-state index in [-0.39, 0.29) is 11.7 Å². The van der Waals surface area contributed by atoms with Crippen LogP contribution in [0.25, 0.3) is 11.0 Å². The fourth-order valence-electron chi connectivity index (χ4n) is 2.62. The highest BCUT2D eigenvalue weighted by atomic mass is 16.6. The number of carbonyl (C=O) groups excluding carboxylic acids is 1. The summed E-state index contributed by atoms with van der Waals surface area (Å²) in [6.45, 7) is 6.61. The molecule has 0 spiro atoms. The molecule has 3 rings (SSSR count). The lowest BCUT2D eigenvalue weighted by atomic mass is 10.2. The highest BCUT2D eigenvalue weighted by molar-refractivity contribution is 5.92. The summed E-state index contributed by atoms with van der Waals surface area (Å²) in [5.74, 6) is -0.436. The van der Waals surface area contributed by atoms with Crippen molar-refractivity contribution in [3.63, 3.8) is 0 Å². The minimum atomic E-state index is -0.997. The van der Waals surface area contributed by atoms with Crippen LogP contribution in [0.4, 0.5) is 4.79 Å². The molecule has 1 amide bonds. The normalized spacial score (nSPS) is 18.4. The number of amides is 1. The quantitative estimate of drug-likeness (QED) is 0.865. The highest BCUT2D eigenvalue weighted by Gasteiger charge is 2.30. The molecular formula is C17H21N3O5. The lowest BCUT2D eigenvalue weighted by Gasteiger charge is -2.33. The molecule has 8 nitrogen and oxygen atoms in total. The maximum atomic E-state index is 12.2. The van der Waals surface area contributed by atoms with Crippen LogP contribution in [0, 0.1) is 0 Å². The van der Waals surface area contributed by atoms with Crippen LogP contribution in [0.2, 0.25) is 0 Å². The van der Waals surface area contributed by atoms with Gasteiger partial charge >= 0.3 is 12.1 Å². The van der Waals surface area contributed by atoms with E-state index in [1.165, 1.54) is 12.1 Å². The standard InChI is InChI=1S/C17H21N3O5/c1-17(2,3)25-16(23)20-6-7-24-13(9-20)14-18-11-5-4-10(15(21)22)8-12(11)19-14/h4-5,8,13H,6-7,9H2,1-3H3,(H,18,19)(H,21,22). The number of nitrogens with one attached hydrogen (secondary N) is 1. The van der Waals surface area contributed by atoms with Crippen LogP contribution in [0.5, 0.6) is 0 Å². The molecule has 0 saturated carbocycles. The number of imidazole rings is 1. The van der Waals surface area contributed by atoms with Gasteiger partial charge in [-0.1, -0.05) is 0 Å². The van der Waals surface area contributed by atoms with Crippen molar-refractivity contribution in [2.24, 2.45) is 0 Å². The van der Waals surface area contributed by atoms with Gasteiger partial charge in [-0.3, -0.25) is 0 Å². The number of morpholine rings is 1. The smallest absolute Gasteiger partial charge is 0.410 e. The van der Waals surface area contributed by atoms with E-state index in [0.29, 0.717) is 36.6 Å². The lowest BCUT2D eigenvalue weighted by molar-refractivity contribution is -0.0458. The van der Waals surface area contributed by atoms with Crippen LogP contribution in [-0.2, 0) is 9.47 Å². The molecule has 1 aromatic heterocycles. The second-order valence-corrected chi connectivity index (χ2v) is 6.94. The van der Waals surface area contributed by atoms with Crippen molar-refractivity contribution in [3.8, 4) is 0 Å². The molecule has 134 valence electrons. The first kappa shape index (κ1) is 17.2. The molecule has 2 aromatic rings. The molecule has 25 heavy (non-hydrogen) atoms. The van der Waals surface area contributed by atoms with Crippen LogP contribution >= 0.6 is 0 Å². The number of hydrogen-bond donors (Lipinski definition) is 2. The molecule has 2 N–H and O–H groups in total. The van der Waals surface area contributed by atoms with Crippen molar-refractivity contribution in [1.82, 2.24) is 14.9 Å². The lowest BCUT2D eigenvalue weighted by Crippen LogP contribution is -2.44. The molecule has 0 radical (unpaired) electrons. The second-order valence-electron chi connectivity index (χ2n) is 6.94. The van der Waals surface area contributed by atoms with Gasteiger partial charge in [0.05, 0.1) is 29.7 Å². The Hall–Kier alpha value is -2.61. The average molecular weight is 347 g/mol. The van der Waals surface area contributed by atoms with E-state index < -0.39 is 17.7 Å². The number of carbonyl (C=O) groups is 2. The molecule has 1 atom stereocenters. The van der Waals surface area contributed by atoms with E-state index in [0.717, 1.165) is 0 Å². The number of benzene rings is 1. The van der Waals surface area contributed by atoms with Gasteiger partial charge in [0.25, 0.3) is 0 Å². The van der Waals surface area contributed by atoms with E-state index >= 15 is 0 Å². The number of hydrogen-bond acceptors (Lipinski definition) is 5. The molecule has 0 aliphatic carbocycles. The molecule has 1 fully saturated rings. The van der Waals surface area contributed by atoms with Gasteiger partial charge in [0.15, 0.2) is 0 Å². The fourth-order valence-corrected chi connectivity index (χ4v) is 2.62. The SMILES string of the molecule is CC(C)(C)OC(=O)N1CCOC(c2nc3ccc(C(=O)O)cc3[nH]2)C1.